The summed E-state index contributed by atoms with van der Waals surface area (Å²) in [5, 5.41) is 21.2. The average Bonchev–Trinajstić information content (AvgIpc) is 2.67. The normalized spacial score (nSPS) is 9.11. The second kappa shape index (κ2) is 25.8. The fraction of sp³-hybridized carbons (Fsp3) is 0. The first kappa shape index (κ1) is 54.6. The summed E-state index contributed by atoms with van der Waals surface area (Å²) in [6.07, 6.45) is 0.977. The predicted molar refractivity (Wildman–Crippen MR) is 123 cm³/mol. The maximum atomic E-state index is 11.4. The van der Waals surface area contributed by atoms with Crippen molar-refractivity contribution in [1.29, 1.82) is 0 Å². The Bertz CT molecular complexity index is 1000. The third-order valence-corrected chi connectivity index (χ3v) is 5.76. The van der Waals surface area contributed by atoms with E-state index in [9.17, 15) is 36.6 Å². The minimum Gasteiger partial charge on any atom is -1.00 e. The van der Waals surface area contributed by atoms with E-state index in [0.29, 0.717) is 23.0 Å². The number of carbonyl (C=O) groups excluding carboxylic acids is 2. The molecule has 0 saturated carbocycles. The minimum absolute atomic E-state index is 0. The van der Waals surface area contributed by atoms with Crippen LogP contribution in [0.1, 0.15) is 0 Å². The average molecular weight is 775 g/mol. The summed E-state index contributed by atoms with van der Waals surface area (Å²) in [6.45, 7) is 0. The molecule has 0 heterocycles. The van der Waals surface area contributed by atoms with Crippen molar-refractivity contribution in [1.82, 2.24) is 0 Å². The van der Waals surface area contributed by atoms with Gasteiger partial charge in [-0.1, -0.05) is 36.4 Å². The first-order valence-electron chi connectivity index (χ1n) is 7.43. The molecule has 2 aromatic carbocycles. The molecule has 0 saturated heterocycles. The molecule has 0 amide bonds. The molecular weight excluding hydrogens is 749 g/mol. The number of rotatable bonds is 6. The fourth-order valence-corrected chi connectivity index (χ4v) is 3.64. The Morgan fingerprint density at radius 3 is 0.972 bits per heavy atom. The van der Waals surface area contributed by atoms with Crippen molar-refractivity contribution in [3.8, 4) is 0 Å². The molecule has 0 spiro atoms. The molecule has 0 aliphatic carbocycles. The van der Waals surface area contributed by atoms with Gasteiger partial charge in [0.15, 0.2) is 19.7 Å². The number of aliphatic carboxylic acids is 2. The molecule has 18 heteroatoms. The van der Waals surface area contributed by atoms with Gasteiger partial charge in [-0.05, 0) is 36.4 Å². The number of carboxylic acids is 2. The van der Waals surface area contributed by atoms with Crippen molar-refractivity contribution in [3.63, 3.8) is 0 Å². The number of benzene rings is 2. The van der Waals surface area contributed by atoms with Gasteiger partial charge in [0.05, 0.1) is 21.7 Å². The molecule has 36 heavy (non-hydrogen) atoms. The van der Waals surface area contributed by atoms with E-state index in [-0.39, 0.29) is 81.3 Å². The third-order valence-electron chi connectivity index (χ3n) is 2.91. The second-order valence-electron chi connectivity index (χ2n) is 4.96. The number of hydrogen-bond acceptors (Lipinski definition) is 8. The van der Waals surface area contributed by atoms with Gasteiger partial charge in [0.2, 0.25) is 0 Å². The zero-order valence-corrected chi connectivity index (χ0v) is 23.9. The van der Waals surface area contributed by atoms with E-state index in [0.717, 1.165) is 0 Å². The van der Waals surface area contributed by atoms with Crippen molar-refractivity contribution in [2.45, 2.75) is 9.79 Å². The van der Waals surface area contributed by atoms with Gasteiger partial charge in [-0.25, -0.2) is 16.8 Å². The van der Waals surface area contributed by atoms with Gasteiger partial charge in [-0.3, -0.25) is 0 Å². The van der Waals surface area contributed by atoms with Crippen molar-refractivity contribution in [3.05, 3.63) is 83.6 Å². The first-order valence-corrected chi connectivity index (χ1v) is 10.5. The second-order valence-corrected chi connectivity index (χ2v) is 8.63. The van der Waals surface area contributed by atoms with Gasteiger partial charge in [0, 0.05) is 10.8 Å². The van der Waals surface area contributed by atoms with Crippen LogP contribution in [0.25, 0.3) is 0 Å². The topological polar surface area (TPSA) is 338 Å². The summed E-state index contributed by atoms with van der Waals surface area (Å²) >= 11 is 0. The Hall–Kier alpha value is -2.31. The van der Waals surface area contributed by atoms with Gasteiger partial charge in [0.1, 0.15) is 0 Å². The zero-order valence-electron chi connectivity index (χ0n) is 18.0. The van der Waals surface area contributed by atoms with Crippen LogP contribution < -0.4 is 22.6 Å². The third kappa shape index (κ3) is 21.0. The van der Waals surface area contributed by atoms with Crippen molar-refractivity contribution >= 4 is 57.8 Å². The standard InChI is InChI=1S/2C9H8O4S.Bi.ClH.6H2O/c2*10-9(11)6-7-14(12,13)8-4-2-1-3-5-8;;;;;;;;/h2*1-7H,(H,10,11);;1H;6*1H2/q;;+3;;;;;;;/p-3/b2*7-6+;;;;;;;;. The Kier molecular flexibility index (Phi) is 39.1. The predicted octanol–water partition coefficient (Wildman–Crippen LogP) is -8.88. The summed E-state index contributed by atoms with van der Waals surface area (Å²) in [5.74, 6) is -3.07. The van der Waals surface area contributed by atoms with Crippen LogP contribution >= 0.6 is 0 Å². The molecule has 206 valence electrons. The first-order chi connectivity index (χ1) is 13.0. The maximum Gasteiger partial charge on any atom is 3.00 e. The smallest absolute Gasteiger partial charge is 1.00 e. The molecule has 0 atom stereocenters. The Morgan fingerprint density at radius 2 is 0.778 bits per heavy atom. The minimum atomic E-state index is -3.66. The zero-order chi connectivity index (χ0) is 21.2. The van der Waals surface area contributed by atoms with E-state index in [1.165, 1.54) is 24.3 Å². The number of carboxylic acid groups (broad SMARTS) is 2. The molecule has 0 aliphatic rings. The molecule has 2 radical (unpaired) electrons. The van der Waals surface area contributed by atoms with E-state index < -0.39 is 31.6 Å². The summed E-state index contributed by atoms with van der Waals surface area (Å²) in [4.78, 5) is 20.1. The van der Waals surface area contributed by atoms with Gasteiger partial charge in [-0.15, -0.1) is 0 Å². The molecule has 2 rings (SSSR count). The van der Waals surface area contributed by atoms with Gasteiger partial charge >= 0.3 is 26.2 Å². The molecule has 0 aliphatic heterocycles. The number of hydrogen-bond donors (Lipinski definition) is 0. The van der Waals surface area contributed by atoms with Crippen LogP contribution in [0.3, 0.4) is 0 Å². The molecule has 0 aromatic heterocycles. The van der Waals surface area contributed by atoms with Crippen LogP contribution in [0.15, 0.2) is 93.4 Å². The van der Waals surface area contributed by atoms with Gasteiger partial charge in [0.25, 0.3) is 0 Å². The van der Waals surface area contributed by atoms with Crippen LogP contribution in [-0.2, 0) is 29.3 Å². The number of halogens is 1. The van der Waals surface area contributed by atoms with Crippen molar-refractivity contribution in [2.75, 3.05) is 0 Å². The van der Waals surface area contributed by atoms with Gasteiger partial charge in [-0.2, -0.15) is 0 Å². The summed E-state index contributed by atoms with van der Waals surface area (Å²) in [5.41, 5.74) is 0. The molecule has 0 bridgehead atoms. The SMILES string of the molecule is O.O.O.O.O.O.O=C([O-])/C=C/S(=O)(=O)c1ccccc1.O=C([O-])/C=C/S(=O)(=O)c1ccccc1.[Bi+3].[Cl-]. The number of carbonyl (C=O) groups is 2. The summed E-state index contributed by atoms with van der Waals surface area (Å²) in [7, 11) is -7.31. The molecule has 2 aromatic rings. The van der Waals surface area contributed by atoms with Crippen LogP contribution in [0.4, 0.5) is 0 Å². The van der Waals surface area contributed by atoms with E-state index in [4.69, 9.17) is 0 Å². The van der Waals surface area contributed by atoms with Crippen LogP contribution in [0.2, 0.25) is 0 Å². The van der Waals surface area contributed by atoms with Crippen LogP contribution in [0, 0.1) is 0 Å². The summed E-state index contributed by atoms with van der Waals surface area (Å²) in [6, 6.07) is 15.1. The largest absolute Gasteiger partial charge is 3.00 e. The van der Waals surface area contributed by atoms with E-state index in [1.54, 1.807) is 36.4 Å². The molecular formula is C18H26BiClO14S2. The monoisotopic (exact) mass is 774 g/mol. The van der Waals surface area contributed by atoms with E-state index >= 15 is 0 Å². The quantitative estimate of drug-likeness (QED) is 0.200. The molecule has 12 N–H and O–H groups in total. The molecule has 14 nitrogen and oxygen atoms in total. The molecule has 0 unspecified atom stereocenters. The van der Waals surface area contributed by atoms with Crippen LogP contribution in [0.5, 0.6) is 0 Å². The molecule has 0 fully saturated rings. The Labute approximate surface area is 232 Å². The van der Waals surface area contributed by atoms with E-state index in [1.807, 2.05) is 0 Å². The van der Waals surface area contributed by atoms with E-state index in [2.05, 4.69) is 0 Å². The fourth-order valence-electron chi connectivity index (χ4n) is 1.67. The van der Waals surface area contributed by atoms with Gasteiger partial charge < -0.3 is 65.1 Å². The van der Waals surface area contributed by atoms with Crippen molar-refractivity contribution < 1.29 is 81.9 Å². The summed E-state index contributed by atoms with van der Waals surface area (Å²) < 4.78 is 45.4. The Balaban J connectivity index is -0.0000000594. The van der Waals surface area contributed by atoms with Crippen molar-refractivity contribution in [2.24, 2.45) is 0 Å². The number of sulfone groups is 2. The van der Waals surface area contributed by atoms with Crippen LogP contribution in [-0.4, -0.2) is 87.8 Å². The Morgan fingerprint density at radius 1 is 0.556 bits per heavy atom. The maximum absolute atomic E-state index is 11.4.